The molecular formula is C35H43N5O2. The van der Waals surface area contributed by atoms with E-state index in [1.54, 1.807) is 4.90 Å². The first-order valence-electron chi connectivity index (χ1n) is 15.3. The van der Waals surface area contributed by atoms with Crippen molar-refractivity contribution in [2.45, 2.75) is 88.0 Å². The molecule has 0 saturated heterocycles. The fourth-order valence-corrected chi connectivity index (χ4v) is 6.45. The minimum Gasteiger partial charge on any atom is -0.449 e. The summed E-state index contributed by atoms with van der Waals surface area (Å²) in [5, 5.41) is 2.13. The molecule has 220 valence electrons. The molecule has 3 aliphatic heterocycles. The molecule has 5 rings (SSSR count). The van der Waals surface area contributed by atoms with Crippen LogP contribution >= 0.6 is 0 Å². The number of amides is 1. The maximum Gasteiger partial charge on any atom is 0.419 e. The minimum atomic E-state index is -0.436. The Bertz CT molecular complexity index is 1780. The first-order valence-corrected chi connectivity index (χ1v) is 15.3. The van der Waals surface area contributed by atoms with Crippen LogP contribution in [0.15, 0.2) is 55.9 Å². The summed E-state index contributed by atoms with van der Waals surface area (Å²) in [5.74, 6) is 0.701. The normalized spacial score (nSPS) is 16.5. The summed E-state index contributed by atoms with van der Waals surface area (Å²) < 4.78 is 5.56. The van der Waals surface area contributed by atoms with E-state index in [1.807, 2.05) is 13.1 Å². The molecule has 0 unspecified atom stereocenters. The van der Waals surface area contributed by atoms with Gasteiger partial charge in [0.1, 0.15) is 5.82 Å². The van der Waals surface area contributed by atoms with E-state index >= 15 is 0 Å². The largest absolute Gasteiger partial charge is 0.449 e. The highest BCUT2D eigenvalue weighted by molar-refractivity contribution is 6.24. The number of aromatic amines is 2. The van der Waals surface area contributed by atoms with E-state index in [-0.39, 0.29) is 6.61 Å². The molecule has 3 aliphatic rings. The third-order valence-electron chi connectivity index (χ3n) is 8.83. The van der Waals surface area contributed by atoms with Gasteiger partial charge in [-0.3, -0.25) is 0 Å². The number of anilines is 1. The van der Waals surface area contributed by atoms with Crippen molar-refractivity contribution >= 4 is 35.5 Å². The summed E-state index contributed by atoms with van der Waals surface area (Å²) >= 11 is 0. The van der Waals surface area contributed by atoms with Crippen LogP contribution in [-0.2, 0) is 17.6 Å². The number of carbonyl (C=O) groups excluding carboxylic acids is 1. The van der Waals surface area contributed by atoms with Gasteiger partial charge in [-0.15, -0.1) is 0 Å². The molecule has 8 bridgehead atoms. The van der Waals surface area contributed by atoms with Gasteiger partial charge in [-0.1, -0.05) is 27.7 Å². The Morgan fingerprint density at radius 2 is 1.36 bits per heavy atom. The quantitative estimate of drug-likeness (QED) is 0.420. The number of hydrogen-bond acceptors (Lipinski definition) is 4. The number of hydrogen-bond donors (Lipinski definition) is 2. The maximum atomic E-state index is 13.5. The first kappa shape index (κ1) is 29.4. The SMILES string of the molecule is CCOC(=O)N1C=C2N=C(C=C3N=C(C=c4[nH]c(c(C)c4CC)=Cc4[nH]c1c(C)c4CC)C(C)=C3CC)C(C)=C2CC. The van der Waals surface area contributed by atoms with Crippen LogP contribution in [0.25, 0.3) is 12.2 Å². The van der Waals surface area contributed by atoms with E-state index in [1.165, 1.54) is 22.3 Å². The van der Waals surface area contributed by atoms with Gasteiger partial charge >= 0.3 is 6.09 Å². The standard InChI is InChI=1S/C35H43N5O2/c1-10-23-19(6)27-15-30-24(11-2)20(7)28(37-30)17-32-26(13-4)22(9)34(39-32)40(35(41)42-14-5)18-33-25(12-3)21(8)29(38-33)16-31(23)36-27/h15-18,37,39H,10-14H2,1-9H3. The number of carbonyl (C=O) groups is 1. The summed E-state index contributed by atoms with van der Waals surface area (Å²) in [6.45, 7) is 19.3. The number of ether oxygens (including phenoxy) is 1. The van der Waals surface area contributed by atoms with E-state index in [0.717, 1.165) is 87.2 Å². The van der Waals surface area contributed by atoms with Crippen LogP contribution in [-0.4, -0.2) is 34.1 Å². The number of allylic oxidation sites excluding steroid dienone is 5. The second kappa shape index (κ2) is 11.6. The van der Waals surface area contributed by atoms with Crippen molar-refractivity contribution in [1.82, 2.24) is 9.97 Å². The number of aromatic nitrogens is 2. The van der Waals surface area contributed by atoms with Crippen molar-refractivity contribution in [3.8, 4) is 0 Å². The predicted octanol–water partition coefficient (Wildman–Crippen LogP) is 6.76. The molecule has 0 atom stereocenters. The van der Waals surface area contributed by atoms with Crippen molar-refractivity contribution in [1.29, 1.82) is 0 Å². The molecule has 2 aromatic heterocycles. The van der Waals surface area contributed by atoms with Crippen molar-refractivity contribution in [3.63, 3.8) is 0 Å². The van der Waals surface area contributed by atoms with Crippen molar-refractivity contribution < 1.29 is 9.53 Å². The third kappa shape index (κ3) is 4.85. The van der Waals surface area contributed by atoms with Crippen LogP contribution in [0.2, 0.25) is 0 Å². The predicted molar refractivity (Wildman–Crippen MR) is 174 cm³/mol. The average Bonchev–Trinajstić information content (AvgIpc) is 3.63. The Morgan fingerprint density at radius 1 is 0.738 bits per heavy atom. The second-order valence-corrected chi connectivity index (χ2v) is 11.1. The molecule has 0 radical (unpaired) electrons. The van der Waals surface area contributed by atoms with E-state index in [4.69, 9.17) is 14.7 Å². The molecule has 0 spiro atoms. The zero-order valence-corrected chi connectivity index (χ0v) is 26.5. The van der Waals surface area contributed by atoms with Crippen molar-refractivity contribution in [2.75, 3.05) is 11.5 Å². The van der Waals surface area contributed by atoms with Gasteiger partial charge < -0.3 is 14.7 Å². The summed E-state index contributed by atoms with van der Waals surface area (Å²) in [6.07, 6.45) is 11.3. The van der Waals surface area contributed by atoms with Crippen molar-refractivity contribution in [3.05, 3.63) is 84.6 Å². The molecule has 7 heteroatoms. The summed E-state index contributed by atoms with van der Waals surface area (Å²) in [7, 11) is 0. The average molecular weight is 566 g/mol. The molecule has 5 heterocycles. The highest BCUT2D eigenvalue weighted by Gasteiger charge is 2.27. The minimum absolute atomic E-state index is 0.278. The lowest BCUT2D eigenvalue weighted by molar-refractivity contribution is 0.162. The summed E-state index contributed by atoms with van der Waals surface area (Å²) in [4.78, 5) is 32.5. The third-order valence-corrected chi connectivity index (χ3v) is 8.83. The van der Waals surface area contributed by atoms with E-state index in [2.05, 4.69) is 83.6 Å². The fraction of sp³-hybridized carbons (Fsp3) is 0.400. The van der Waals surface area contributed by atoms with Crippen LogP contribution < -0.4 is 15.6 Å². The van der Waals surface area contributed by atoms with Crippen LogP contribution in [0.3, 0.4) is 0 Å². The van der Waals surface area contributed by atoms with Crippen LogP contribution in [0.5, 0.6) is 0 Å². The van der Waals surface area contributed by atoms with Gasteiger partial charge in [-0.2, -0.15) is 0 Å². The molecular weight excluding hydrogens is 522 g/mol. The number of nitrogens with one attached hydrogen (secondary N) is 2. The van der Waals surface area contributed by atoms with Gasteiger partial charge in [-0.05, 0) is 123 Å². The Balaban J connectivity index is 1.89. The van der Waals surface area contributed by atoms with E-state index in [0.29, 0.717) is 5.82 Å². The molecule has 0 aromatic carbocycles. The molecule has 42 heavy (non-hydrogen) atoms. The molecule has 0 aliphatic carbocycles. The first-order chi connectivity index (χ1) is 20.2. The zero-order chi connectivity index (χ0) is 30.3. The molecule has 1 amide bonds. The van der Waals surface area contributed by atoms with Gasteiger partial charge in [-0.25, -0.2) is 19.7 Å². The zero-order valence-electron chi connectivity index (χ0n) is 26.5. The number of rotatable bonds is 5. The Kier molecular flexibility index (Phi) is 8.13. The van der Waals surface area contributed by atoms with Gasteiger partial charge in [0, 0.05) is 22.6 Å². The summed E-state index contributed by atoms with van der Waals surface area (Å²) in [6, 6.07) is 0. The number of H-pyrrole nitrogens is 2. The Morgan fingerprint density at radius 3 is 1.98 bits per heavy atom. The molecule has 0 fully saturated rings. The number of nitrogens with zero attached hydrogens (tertiary/aromatic N) is 3. The van der Waals surface area contributed by atoms with E-state index < -0.39 is 6.09 Å². The van der Waals surface area contributed by atoms with Crippen LogP contribution in [0.4, 0.5) is 10.6 Å². The Hall–Kier alpha value is -4.13. The Labute approximate surface area is 248 Å². The molecule has 0 saturated carbocycles. The second-order valence-electron chi connectivity index (χ2n) is 11.1. The molecule has 7 nitrogen and oxygen atoms in total. The fourth-order valence-electron chi connectivity index (χ4n) is 6.45. The molecule has 2 N–H and O–H groups in total. The smallest absolute Gasteiger partial charge is 0.419 e. The van der Waals surface area contributed by atoms with Gasteiger partial charge in [0.15, 0.2) is 0 Å². The van der Waals surface area contributed by atoms with Gasteiger partial charge in [0.2, 0.25) is 0 Å². The van der Waals surface area contributed by atoms with Crippen LogP contribution in [0, 0.1) is 13.8 Å². The maximum absolute atomic E-state index is 13.5. The monoisotopic (exact) mass is 565 g/mol. The highest BCUT2D eigenvalue weighted by atomic mass is 16.6. The lowest BCUT2D eigenvalue weighted by Crippen LogP contribution is -2.27. The van der Waals surface area contributed by atoms with Gasteiger partial charge in [0.05, 0.1) is 29.4 Å². The van der Waals surface area contributed by atoms with Crippen molar-refractivity contribution in [2.24, 2.45) is 9.98 Å². The topological polar surface area (TPSA) is 85.8 Å². The number of fused-ring (bicyclic) bond motifs is 6. The lowest BCUT2D eigenvalue weighted by Gasteiger charge is -2.18. The lowest BCUT2D eigenvalue weighted by atomic mass is 10.00. The highest BCUT2D eigenvalue weighted by Crippen LogP contribution is 2.35. The van der Waals surface area contributed by atoms with E-state index in [9.17, 15) is 4.79 Å². The van der Waals surface area contributed by atoms with Crippen LogP contribution in [0.1, 0.15) is 89.3 Å². The number of aliphatic imine (C=N–C) groups is 2. The molecule has 2 aromatic rings. The van der Waals surface area contributed by atoms with Gasteiger partial charge in [0.25, 0.3) is 0 Å². The summed E-state index contributed by atoms with van der Waals surface area (Å²) in [5.41, 5.74) is 13.9.